The minimum absolute atomic E-state index is 0.136. The highest BCUT2D eigenvalue weighted by molar-refractivity contribution is 5.82. The van der Waals surface area contributed by atoms with Gasteiger partial charge in [-0.25, -0.2) is 4.39 Å². The largest absolute Gasteiger partial charge is 0.471 e. The van der Waals surface area contributed by atoms with Gasteiger partial charge < -0.3 is 4.90 Å². The smallest absolute Gasteiger partial charge is 0.328 e. The molecule has 2 rings (SSSR count). The summed E-state index contributed by atoms with van der Waals surface area (Å²) in [7, 11) is 0. The molecule has 1 fully saturated rings. The van der Waals surface area contributed by atoms with Gasteiger partial charge in [-0.2, -0.15) is 13.2 Å². The summed E-state index contributed by atoms with van der Waals surface area (Å²) in [6.07, 6.45) is -3.69. The average Bonchev–Trinajstić information content (AvgIpc) is 3.10. The average molecular weight is 261 g/mol. The van der Waals surface area contributed by atoms with E-state index >= 15 is 0 Å². The van der Waals surface area contributed by atoms with Crippen LogP contribution in [0, 0.1) is 5.82 Å². The fourth-order valence-electron chi connectivity index (χ4n) is 1.70. The van der Waals surface area contributed by atoms with Crippen LogP contribution in [0.2, 0.25) is 0 Å². The number of amides is 1. The summed E-state index contributed by atoms with van der Waals surface area (Å²) >= 11 is 0. The highest BCUT2D eigenvalue weighted by atomic mass is 19.4. The number of hydrogen-bond acceptors (Lipinski definition) is 1. The van der Waals surface area contributed by atoms with E-state index in [0.29, 0.717) is 18.4 Å². The Labute approximate surface area is 101 Å². The Morgan fingerprint density at radius 3 is 2.22 bits per heavy atom. The molecule has 1 aromatic carbocycles. The Morgan fingerprint density at radius 2 is 1.78 bits per heavy atom. The predicted octanol–water partition coefficient (Wildman–Crippen LogP) is 2.88. The van der Waals surface area contributed by atoms with Crippen molar-refractivity contribution in [3.05, 3.63) is 35.6 Å². The number of hydrogen-bond donors (Lipinski definition) is 0. The zero-order valence-electron chi connectivity index (χ0n) is 9.38. The summed E-state index contributed by atoms with van der Waals surface area (Å²) in [5.74, 6) is -2.28. The normalized spacial score (nSPS) is 15.6. The van der Waals surface area contributed by atoms with E-state index in [1.807, 2.05) is 0 Å². The molecular weight excluding hydrogens is 250 g/mol. The van der Waals surface area contributed by atoms with E-state index in [0.717, 1.165) is 4.90 Å². The molecule has 1 aliphatic carbocycles. The van der Waals surface area contributed by atoms with E-state index in [-0.39, 0.29) is 12.6 Å². The number of nitrogens with zero attached hydrogens (tertiary/aromatic N) is 1. The van der Waals surface area contributed by atoms with Crippen LogP contribution in [0.3, 0.4) is 0 Å². The van der Waals surface area contributed by atoms with Crippen molar-refractivity contribution in [2.45, 2.75) is 31.6 Å². The minimum atomic E-state index is -4.86. The highest BCUT2D eigenvalue weighted by Gasteiger charge is 2.46. The fraction of sp³-hybridized carbons (Fsp3) is 0.417. The molecule has 1 aromatic rings. The fourth-order valence-corrected chi connectivity index (χ4v) is 1.70. The first-order chi connectivity index (χ1) is 8.38. The second kappa shape index (κ2) is 4.59. The Kier molecular flexibility index (Phi) is 3.28. The second-order valence-electron chi connectivity index (χ2n) is 4.29. The van der Waals surface area contributed by atoms with Crippen molar-refractivity contribution < 1.29 is 22.4 Å². The van der Waals surface area contributed by atoms with Crippen LogP contribution in [-0.4, -0.2) is 23.0 Å². The maximum atomic E-state index is 12.7. The third-order valence-corrected chi connectivity index (χ3v) is 2.76. The van der Waals surface area contributed by atoms with E-state index in [4.69, 9.17) is 0 Å². The van der Waals surface area contributed by atoms with Crippen molar-refractivity contribution >= 4 is 5.91 Å². The maximum Gasteiger partial charge on any atom is 0.471 e. The number of halogens is 4. The predicted molar refractivity (Wildman–Crippen MR) is 56.0 cm³/mol. The van der Waals surface area contributed by atoms with Crippen molar-refractivity contribution in [1.29, 1.82) is 0 Å². The van der Waals surface area contributed by atoms with Crippen molar-refractivity contribution in [3.8, 4) is 0 Å². The Hall–Kier alpha value is -1.59. The molecule has 1 amide bonds. The molecule has 0 spiro atoms. The molecule has 1 saturated carbocycles. The van der Waals surface area contributed by atoms with Gasteiger partial charge in [0.05, 0.1) is 0 Å². The molecule has 98 valence electrons. The summed E-state index contributed by atoms with van der Waals surface area (Å²) in [6, 6.07) is 4.75. The quantitative estimate of drug-likeness (QED) is 0.766. The summed E-state index contributed by atoms with van der Waals surface area (Å²) in [4.78, 5) is 12.1. The van der Waals surface area contributed by atoms with Crippen molar-refractivity contribution in [3.63, 3.8) is 0 Å². The molecule has 0 saturated heterocycles. The van der Waals surface area contributed by atoms with Gasteiger partial charge in [-0.3, -0.25) is 4.79 Å². The van der Waals surface area contributed by atoms with Gasteiger partial charge in [-0.15, -0.1) is 0 Å². The standard InChI is InChI=1S/C12H11F4NO/c13-9-3-1-8(2-4-9)7-17(10-5-6-10)11(18)12(14,15)16/h1-4,10H,5-7H2. The van der Waals surface area contributed by atoms with Gasteiger partial charge >= 0.3 is 12.1 Å². The van der Waals surface area contributed by atoms with Crippen LogP contribution in [-0.2, 0) is 11.3 Å². The third-order valence-electron chi connectivity index (χ3n) is 2.76. The van der Waals surface area contributed by atoms with Gasteiger partial charge in [0.1, 0.15) is 5.82 Å². The first-order valence-electron chi connectivity index (χ1n) is 5.50. The van der Waals surface area contributed by atoms with Crippen LogP contribution in [0.1, 0.15) is 18.4 Å². The minimum Gasteiger partial charge on any atom is -0.328 e. The first kappa shape index (κ1) is 12.9. The molecule has 0 atom stereocenters. The molecule has 0 bridgehead atoms. The third kappa shape index (κ3) is 3.00. The number of carbonyl (C=O) groups is 1. The van der Waals surface area contributed by atoms with Crippen LogP contribution in [0.4, 0.5) is 17.6 Å². The zero-order valence-corrected chi connectivity index (χ0v) is 9.38. The van der Waals surface area contributed by atoms with Gasteiger partial charge in [0.25, 0.3) is 0 Å². The van der Waals surface area contributed by atoms with Gasteiger partial charge in [0, 0.05) is 12.6 Å². The molecule has 6 heteroatoms. The topological polar surface area (TPSA) is 20.3 Å². The molecule has 18 heavy (non-hydrogen) atoms. The molecule has 0 radical (unpaired) electrons. The van der Waals surface area contributed by atoms with Gasteiger partial charge in [0.2, 0.25) is 0 Å². The summed E-state index contributed by atoms with van der Waals surface area (Å²) in [5, 5.41) is 0. The van der Waals surface area contributed by atoms with Crippen molar-refractivity contribution in [1.82, 2.24) is 4.90 Å². The van der Waals surface area contributed by atoms with Gasteiger partial charge in [-0.05, 0) is 30.5 Å². The molecule has 2 nitrogen and oxygen atoms in total. The second-order valence-corrected chi connectivity index (χ2v) is 4.29. The molecule has 0 N–H and O–H groups in total. The van der Waals surface area contributed by atoms with Crippen LogP contribution in [0.5, 0.6) is 0 Å². The van der Waals surface area contributed by atoms with E-state index in [2.05, 4.69) is 0 Å². The number of alkyl halides is 3. The van der Waals surface area contributed by atoms with Crippen LogP contribution in [0.15, 0.2) is 24.3 Å². The lowest BCUT2D eigenvalue weighted by molar-refractivity contribution is -0.186. The van der Waals surface area contributed by atoms with E-state index in [9.17, 15) is 22.4 Å². The lowest BCUT2D eigenvalue weighted by atomic mass is 10.2. The molecule has 1 aliphatic rings. The van der Waals surface area contributed by atoms with Crippen molar-refractivity contribution in [2.75, 3.05) is 0 Å². The number of rotatable bonds is 3. The number of carbonyl (C=O) groups excluding carboxylic acids is 1. The van der Waals surface area contributed by atoms with Crippen LogP contribution >= 0.6 is 0 Å². The van der Waals surface area contributed by atoms with Crippen LogP contribution < -0.4 is 0 Å². The lowest BCUT2D eigenvalue weighted by Crippen LogP contribution is -2.42. The Balaban J connectivity index is 2.12. The summed E-state index contributed by atoms with van der Waals surface area (Å²) in [5.41, 5.74) is 0.487. The summed E-state index contributed by atoms with van der Waals surface area (Å²) < 4.78 is 49.9. The van der Waals surface area contributed by atoms with Crippen molar-refractivity contribution in [2.24, 2.45) is 0 Å². The Morgan fingerprint density at radius 1 is 1.22 bits per heavy atom. The van der Waals surface area contributed by atoms with E-state index in [1.165, 1.54) is 24.3 Å². The molecular formula is C12H11F4NO. The van der Waals surface area contributed by atoms with Crippen LogP contribution in [0.25, 0.3) is 0 Å². The molecule has 0 aromatic heterocycles. The molecule has 0 heterocycles. The van der Waals surface area contributed by atoms with Gasteiger partial charge in [-0.1, -0.05) is 12.1 Å². The maximum absolute atomic E-state index is 12.7. The monoisotopic (exact) mass is 261 g/mol. The number of benzene rings is 1. The zero-order chi connectivity index (χ0) is 13.3. The van der Waals surface area contributed by atoms with Gasteiger partial charge in [0.15, 0.2) is 0 Å². The lowest BCUT2D eigenvalue weighted by Gasteiger charge is -2.23. The first-order valence-corrected chi connectivity index (χ1v) is 5.50. The SMILES string of the molecule is O=C(N(Cc1ccc(F)cc1)C1CC1)C(F)(F)F. The summed E-state index contributed by atoms with van der Waals surface area (Å²) in [6.45, 7) is -0.136. The highest BCUT2D eigenvalue weighted by Crippen LogP contribution is 2.32. The van der Waals surface area contributed by atoms with E-state index < -0.39 is 17.9 Å². The Bertz CT molecular complexity index is 436. The van der Waals surface area contributed by atoms with E-state index in [1.54, 1.807) is 0 Å². The molecule has 0 aliphatic heterocycles. The molecule has 0 unspecified atom stereocenters.